The molecule has 0 unspecified atom stereocenters. The fraction of sp³-hybridized carbons (Fsp3) is 0.250. The number of rotatable bonds is 4. The first-order valence-electron chi connectivity index (χ1n) is 8.15. The number of hydrogen-bond donors (Lipinski definition) is 1. The number of hydrogen-bond acceptors (Lipinski definition) is 7. The Morgan fingerprint density at radius 3 is 1.38 bits per heavy atom. The summed E-state index contributed by atoms with van der Waals surface area (Å²) in [7, 11) is -14.0. The van der Waals surface area contributed by atoms with Crippen molar-refractivity contribution in [1.29, 1.82) is 0 Å². The first kappa shape index (κ1) is 24.3. The topological polar surface area (TPSA) is 98.8 Å². The van der Waals surface area contributed by atoms with Crippen LogP contribution in [0.25, 0.3) is 0 Å². The van der Waals surface area contributed by atoms with Crippen LogP contribution in [0.3, 0.4) is 0 Å². The molecule has 32 heavy (non-hydrogen) atoms. The van der Waals surface area contributed by atoms with Crippen LogP contribution in [0.4, 0.5) is 37.7 Å². The number of nitrogens with one attached hydrogen (secondary N) is 1. The van der Waals surface area contributed by atoms with E-state index in [4.69, 9.17) is 0 Å². The quantitative estimate of drug-likeness (QED) is 0.352. The summed E-state index contributed by atoms with van der Waals surface area (Å²) in [6.45, 7) is 0. The van der Waals surface area contributed by atoms with Crippen LogP contribution >= 0.6 is 10.0 Å². The third-order valence-corrected chi connectivity index (χ3v) is 9.09. The van der Waals surface area contributed by atoms with Gasteiger partial charge < -0.3 is 13.7 Å². The Hall–Kier alpha value is -2.33. The SMILES string of the molecule is CS1(C)c2cc(OS(=O)(=O)C(F)(F)F)ccc2Nc2ccc(OS(=O)(=O)C(F)(F)F)cc21. The highest BCUT2D eigenvalue weighted by Gasteiger charge is 2.49. The van der Waals surface area contributed by atoms with E-state index in [-0.39, 0.29) is 0 Å². The molecule has 1 aliphatic rings. The number of anilines is 2. The van der Waals surface area contributed by atoms with Crippen LogP contribution < -0.4 is 13.7 Å². The lowest BCUT2D eigenvalue weighted by Gasteiger charge is -2.40. The van der Waals surface area contributed by atoms with Gasteiger partial charge in [-0.3, -0.25) is 0 Å². The molecule has 0 radical (unpaired) electrons. The molecule has 1 aliphatic heterocycles. The van der Waals surface area contributed by atoms with Gasteiger partial charge in [0, 0.05) is 9.79 Å². The number of benzene rings is 2. The lowest BCUT2D eigenvalue weighted by atomic mass is 10.2. The summed E-state index contributed by atoms with van der Waals surface area (Å²) in [6, 6.07) is 6.69. The van der Waals surface area contributed by atoms with Crippen molar-refractivity contribution in [3.63, 3.8) is 0 Å². The summed E-state index contributed by atoms with van der Waals surface area (Å²) in [6.07, 6.45) is 3.24. The van der Waals surface area contributed by atoms with E-state index >= 15 is 0 Å². The molecule has 178 valence electrons. The number of alkyl halides is 6. The molecule has 0 aliphatic carbocycles. The molecule has 2 aromatic rings. The molecule has 0 atom stereocenters. The molecule has 0 saturated heterocycles. The van der Waals surface area contributed by atoms with Gasteiger partial charge in [0.15, 0.2) is 0 Å². The van der Waals surface area contributed by atoms with Crippen LogP contribution in [0.2, 0.25) is 0 Å². The number of halogens is 6. The van der Waals surface area contributed by atoms with Crippen LogP contribution in [0.1, 0.15) is 0 Å². The maximum Gasteiger partial charge on any atom is 0.534 e. The minimum absolute atomic E-state index is 0.315. The van der Waals surface area contributed by atoms with E-state index in [2.05, 4.69) is 13.7 Å². The minimum Gasteiger partial charge on any atom is -0.376 e. The van der Waals surface area contributed by atoms with Gasteiger partial charge in [0.2, 0.25) is 0 Å². The summed E-state index contributed by atoms with van der Waals surface area (Å²) in [5.41, 5.74) is -10.5. The van der Waals surface area contributed by atoms with Gasteiger partial charge >= 0.3 is 31.3 Å². The minimum atomic E-state index is -5.92. The zero-order valence-electron chi connectivity index (χ0n) is 15.9. The normalized spacial score (nSPS) is 16.9. The third-order valence-electron chi connectivity index (χ3n) is 4.25. The standard InChI is InChI=1S/C16H13F6NO6S3/c1-30(2)13-7-9(28-31(24,25)15(17,18)19)3-5-11(13)23-12-6-4-10(8-14(12)30)29-32(26,27)16(20,21)22/h3-8,23H,1-2H3. The molecule has 0 amide bonds. The summed E-state index contributed by atoms with van der Waals surface area (Å²) in [5.74, 6) is -1.25. The zero-order valence-corrected chi connectivity index (χ0v) is 18.4. The van der Waals surface area contributed by atoms with E-state index in [0.717, 1.165) is 24.3 Å². The summed E-state index contributed by atoms with van der Waals surface area (Å²) < 4.78 is 129. The van der Waals surface area contributed by atoms with Crippen molar-refractivity contribution in [2.75, 3.05) is 17.8 Å². The van der Waals surface area contributed by atoms with Crippen molar-refractivity contribution in [3.05, 3.63) is 36.4 Å². The molecule has 7 nitrogen and oxygen atoms in total. The van der Waals surface area contributed by atoms with E-state index in [0.29, 0.717) is 21.2 Å². The van der Waals surface area contributed by atoms with E-state index < -0.39 is 52.8 Å². The summed E-state index contributed by atoms with van der Waals surface area (Å²) in [4.78, 5) is 0.631. The molecule has 0 fully saturated rings. The van der Waals surface area contributed by atoms with Gasteiger partial charge in [-0.2, -0.15) is 53.2 Å². The molecule has 16 heteroatoms. The average molecular weight is 525 g/mol. The molecule has 3 rings (SSSR count). The molecule has 0 saturated carbocycles. The van der Waals surface area contributed by atoms with Crippen LogP contribution in [0.15, 0.2) is 46.2 Å². The first-order chi connectivity index (χ1) is 14.4. The van der Waals surface area contributed by atoms with E-state index in [1.165, 1.54) is 12.1 Å². The maximum absolute atomic E-state index is 12.6. The predicted octanol–water partition coefficient (Wildman–Crippen LogP) is 4.68. The largest absolute Gasteiger partial charge is 0.534 e. The predicted molar refractivity (Wildman–Crippen MR) is 103 cm³/mol. The second kappa shape index (κ2) is 7.34. The van der Waals surface area contributed by atoms with Crippen LogP contribution in [0, 0.1) is 0 Å². The third kappa shape index (κ3) is 4.30. The van der Waals surface area contributed by atoms with Crippen molar-refractivity contribution >= 4 is 41.6 Å². The van der Waals surface area contributed by atoms with Crippen LogP contribution in [-0.4, -0.2) is 40.4 Å². The Morgan fingerprint density at radius 1 is 0.719 bits per heavy atom. The van der Waals surface area contributed by atoms with Crippen LogP contribution in [0.5, 0.6) is 11.5 Å². The second-order valence-electron chi connectivity index (χ2n) is 6.73. The monoisotopic (exact) mass is 525 g/mol. The van der Waals surface area contributed by atoms with Gasteiger partial charge in [-0.15, -0.1) is 0 Å². The van der Waals surface area contributed by atoms with Gasteiger partial charge in [-0.1, -0.05) is 0 Å². The first-order valence-corrected chi connectivity index (χ1v) is 13.4. The van der Waals surface area contributed by atoms with E-state index in [1.54, 1.807) is 12.5 Å². The van der Waals surface area contributed by atoms with Gasteiger partial charge in [0.1, 0.15) is 11.5 Å². The Kier molecular flexibility index (Phi) is 5.58. The molecule has 0 bridgehead atoms. The molecule has 0 spiro atoms. The lowest BCUT2D eigenvalue weighted by Crippen LogP contribution is -2.28. The van der Waals surface area contributed by atoms with Crippen molar-refractivity contribution in [2.45, 2.75) is 20.8 Å². The lowest BCUT2D eigenvalue weighted by molar-refractivity contribution is -0.0504. The second-order valence-corrected chi connectivity index (χ2v) is 13.3. The van der Waals surface area contributed by atoms with Crippen molar-refractivity contribution < 1.29 is 51.5 Å². The molecule has 0 aromatic heterocycles. The fourth-order valence-corrected chi connectivity index (χ4v) is 6.07. The van der Waals surface area contributed by atoms with Crippen LogP contribution in [-0.2, 0) is 20.2 Å². The number of fused-ring (bicyclic) bond motifs is 2. The smallest absolute Gasteiger partial charge is 0.376 e. The van der Waals surface area contributed by atoms with Gasteiger partial charge in [0.05, 0.1) is 11.4 Å². The summed E-state index contributed by atoms with van der Waals surface area (Å²) in [5, 5.41) is 2.90. The van der Waals surface area contributed by atoms with Crippen molar-refractivity contribution in [3.8, 4) is 11.5 Å². The Bertz CT molecular complexity index is 1190. The van der Waals surface area contributed by atoms with E-state index in [9.17, 15) is 43.2 Å². The molecular weight excluding hydrogens is 512 g/mol. The Labute approximate surface area is 179 Å². The van der Waals surface area contributed by atoms with Crippen molar-refractivity contribution in [1.82, 2.24) is 0 Å². The molecule has 1 N–H and O–H groups in total. The average Bonchev–Trinajstić information content (AvgIpc) is 2.61. The fourth-order valence-electron chi connectivity index (χ4n) is 2.77. The van der Waals surface area contributed by atoms with Gasteiger partial charge in [-0.25, -0.2) is 0 Å². The molecule has 2 aromatic carbocycles. The highest BCUT2D eigenvalue weighted by molar-refractivity contribution is 8.33. The maximum atomic E-state index is 12.6. The Morgan fingerprint density at radius 2 is 1.06 bits per heavy atom. The van der Waals surface area contributed by atoms with Gasteiger partial charge in [0.25, 0.3) is 0 Å². The van der Waals surface area contributed by atoms with Gasteiger partial charge in [-0.05, 0) is 48.9 Å². The van der Waals surface area contributed by atoms with Crippen molar-refractivity contribution in [2.24, 2.45) is 0 Å². The zero-order chi connectivity index (χ0) is 24.3. The molecule has 1 heterocycles. The van der Waals surface area contributed by atoms with E-state index in [1.807, 2.05) is 0 Å². The molecular formula is C16H13F6NO6S3. The Balaban J connectivity index is 2.02. The highest BCUT2D eigenvalue weighted by Crippen LogP contribution is 2.65. The highest BCUT2D eigenvalue weighted by atomic mass is 32.3. The summed E-state index contributed by atoms with van der Waals surface area (Å²) >= 11 is 0.